The van der Waals surface area contributed by atoms with E-state index in [2.05, 4.69) is 16.0 Å². The van der Waals surface area contributed by atoms with Crippen molar-refractivity contribution in [3.05, 3.63) is 95.6 Å². The topological polar surface area (TPSA) is 104 Å². The maximum absolute atomic E-state index is 13.1. The van der Waals surface area contributed by atoms with Crippen molar-refractivity contribution >= 4 is 34.3 Å². The third-order valence-electron chi connectivity index (χ3n) is 5.28. The van der Waals surface area contributed by atoms with Gasteiger partial charge in [0.15, 0.2) is 5.78 Å². The monoisotopic (exact) mass is 457 g/mol. The molecule has 7 nitrogen and oxygen atoms in total. The van der Waals surface area contributed by atoms with Crippen LogP contribution in [0.2, 0.25) is 0 Å². The van der Waals surface area contributed by atoms with Crippen molar-refractivity contribution in [3.8, 4) is 0 Å². The lowest BCUT2D eigenvalue weighted by Crippen LogP contribution is -2.40. The minimum Gasteiger partial charge on any atom is -0.345 e. The number of hydrogen-bond donors (Lipinski definition) is 3. The van der Waals surface area contributed by atoms with Crippen LogP contribution in [0.25, 0.3) is 10.8 Å². The van der Waals surface area contributed by atoms with Crippen molar-refractivity contribution < 1.29 is 19.2 Å². The van der Waals surface area contributed by atoms with Gasteiger partial charge in [0.25, 0.3) is 5.91 Å². The summed E-state index contributed by atoms with van der Waals surface area (Å²) in [6.07, 6.45) is 2.77. The molecule has 0 fully saturated rings. The van der Waals surface area contributed by atoms with Crippen LogP contribution in [-0.4, -0.2) is 30.0 Å². The fourth-order valence-corrected chi connectivity index (χ4v) is 3.59. The Hall–Kier alpha value is -4.26. The standard InChI is InChI=1S/C27H27N3O4/c1-18(31)9-8-16-28-26(33)27(34)29-17-21-11-4-6-14-24(21)25(32)30-19(2)22-15-7-12-20-10-3-5-13-23(20)22/h3-15,19H,16-17H2,1-2H3,(H,28,33)(H,29,34)(H,30,32)/b9-8+/t19-/m1/s1. The fourth-order valence-electron chi connectivity index (χ4n) is 3.59. The van der Waals surface area contributed by atoms with Crippen molar-refractivity contribution in [2.45, 2.75) is 26.4 Å². The molecule has 0 aliphatic heterocycles. The second-order valence-electron chi connectivity index (χ2n) is 7.83. The van der Waals surface area contributed by atoms with E-state index in [-0.39, 0.29) is 30.8 Å². The van der Waals surface area contributed by atoms with Gasteiger partial charge in [-0.3, -0.25) is 19.2 Å². The summed E-state index contributed by atoms with van der Waals surface area (Å²) in [7, 11) is 0. The van der Waals surface area contributed by atoms with Gasteiger partial charge < -0.3 is 16.0 Å². The number of hydrogen-bond acceptors (Lipinski definition) is 4. The van der Waals surface area contributed by atoms with Crippen LogP contribution in [0.3, 0.4) is 0 Å². The van der Waals surface area contributed by atoms with E-state index in [0.29, 0.717) is 11.1 Å². The van der Waals surface area contributed by atoms with Crippen molar-refractivity contribution in [1.29, 1.82) is 0 Å². The molecule has 1 atom stereocenters. The molecule has 3 aromatic carbocycles. The average molecular weight is 458 g/mol. The molecule has 3 amide bonds. The van der Waals surface area contributed by atoms with Crippen LogP contribution in [-0.2, 0) is 20.9 Å². The maximum Gasteiger partial charge on any atom is 0.309 e. The van der Waals surface area contributed by atoms with Gasteiger partial charge in [-0.05, 0) is 47.9 Å². The Labute approximate surface area is 198 Å². The van der Waals surface area contributed by atoms with Crippen LogP contribution in [0.4, 0.5) is 0 Å². The molecule has 0 bridgehead atoms. The minimum atomic E-state index is -0.824. The summed E-state index contributed by atoms with van der Waals surface area (Å²) in [4.78, 5) is 47.9. The third kappa shape index (κ3) is 6.38. The molecule has 34 heavy (non-hydrogen) atoms. The smallest absolute Gasteiger partial charge is 0.309 e. The number of nitrogens with one attached hydrogen (secondary N) is 3. The number of benzene rings is 3. The molecular formula is C27H27N3O4. The average Bonchev–Trinajstić information content (AvgIpc) is 2.84. The molecule has 0 saturated carbocycles. The van der Waals surface area contributed by atoms with Gasteiger partial charge in [-0.1, -0.05) is 66.7 Å². The van der Waals surface area contributed by atoms with Crippen LogP contribution in [0.15, 0.2) is 78.9 Å². The second kappa shape index (κ2) is 11.6. The number of rotatable bonds is 8. The van der Waals surface area contributed by atoms with Crippen LogP contribution in [0.1, 0.15) is 41.4 Å². The van der Waals surface area contributed by atoms with E-state index < -0.39 is 11.8 Å². The molecule has 3 N–H and O–H groups in total. The summed E-state index contributed by atoms with van der Waals surface area (Å²) in [5.41, 5.74) is 2.01. The Morgan fingerprint density at radius 2 is 1.53 bits per heavy atom. The first-order valence-electron chi connectivity index (χ1n) is 11.0. The van der Waals surface area contributed by atoms with Gasteiger partial charge in [-0.2, -0.15) is 0 Å². The zero-order valence-electron chi connectivity index (χ0n) is 19.1. The molecule has 0 spiro atoms. The molecule has 3 aromatic rings. The summed E-state index contributed by atoms with van der Waals surface area (Å²) < 4.78 is 0. The van der Waals surface area contributed by atoms with Gasteiger partial charge in [-0.15, -0.1) is 0 Å². The van der Waals surface area contributed by atoms with Crippen molar-refractivity contribution in [1.82, 2.24) is 16.0 Å². The van der Waals surface area contributed by atoms with E-state index >= 15 is 0 Å². The lowest BCUT2D eigenvalue weighted by Gasteiger charge is -2.18. The van der Waals surface area contributed by atoms with E-state index in [1.807, 2.05) is 49.4 Å². The summed E-state index contributed by atoms with van der Waals surface area (Å²) >= 11 is 0. The van der Waals surface area contributed by atoms with Crippen molar-refractivity contribution in [2.75, 3.05) is 6.54 Å². The van der Waals surface area contributed by atoms with Crippen LogP contribution >= 0.6 is 0 Å². The third-order valence-corrected chi connectivity index (χ3v) is 5.28. The Kier molecular flexibility index (Phi) is 8.29. The Morgan fingerprint density at radius 1 is 0.853 bits per heavy atom. The summed E-state index contributed by atoms with van der Waals surface area (Å²) in [5, 5.41) is 10.1. The fraction of sp³-hybridized carbons (Fsp3) is 0.185. The molecule has 0 aliphatic carbocycles. The van der Waals surface area contributed by atoms with E-state index in [9.17, 15) is 19.2 Å². The zero-order chi connectivity index (χ0) is 24.5. The van der Waals surface area contributed by atoms with Gasteiger partial charge in [0.2, 0.25) is 0 Å². The van der Waals surface area contributed by atoms with E-state index in [1.165, 1.54) is 19.1 Å². The molecule has 7 heteroatoms. The lowest BCUT2D eigenvalue weighted by molar-refractivity contribution is -0.139. The van der Waals surface area contributed by atoms with Gasteiger partial charge in [0, 0.05) is 18.7 Å². The zero-order valence-corrected chi connectivity index (χ0v) is 19.1. The predicted molar refractivity (Wildman–Crippen MR) is 131 cm³/mol. The SMILES string of the molecule is CC(=O)/C=C/CNC(=O)C(=O)NCc1ccccc1C(=O)N[C@H](C)c1cccc2ccccc12. The quantitative estimate of drug-likeness (QED) is 0.357. The second-order valence-corrected chi connectivity index (χ2v) is 7.83. The van der Waals surface area contributed by atoms with Crippen LogP contribution in [0.5, 0.6) is 0 Å². The molecule has 0 aromatic heterocycles. The van der Waals surface area contributed by atoms with Gasteiger partial charge in [-0.25, -0.2) is 0 Å². The van der Waals surface area contributed by atoms with Crippen LogP contribution < -0.4 is 16.0 Å². The molecular weight excluding hydrogens is 430 g/mol. The summed E-state index contributed by atoms with van der Waals surface area (Å²) in [6, 6.07) is 20.7. The van der Waals surface area contributed by atoms with Gasteiger partial charge in [0.05, 0.1) is 6.04 Å². The molecule has 0 saturated heterocycles. The predicted octanol–water partition coefficient (Wildman–Crippen LogP) is 3.21. The molecule has 0 heterocycles. The normalized spacial score (nSPS) is 11.7. The Bertz CT molecular complexity index is 1240. The highest BCUT2D eigenvalue weighted by Gasteiger charge is 2.18. The molecule has 0 radical (unpaired) electrons. The number of amides is 3. The highest BCUT2D eigenvalue weighted by molar-refractivity contribution is 6.35. The molecule has 3 rings (SSSR count). The largest absolute Gasteiger partial charge is 0.345 e. The molecule has 0 aliphatic rings. The number of carbonyl (C=O) groups is 4. The van der Waals surface area contributed by atoms with E-state index in [4.69, 9.17) is 0 Å². The molecule has 174 valence electrons. The number of carbonyl (C=O) groups excluding carboxylic acids is 4. The Morgan fingerprint density at radius 3 is 2.32 bits per heavy atom. The Balaban J connectivity index is 1.64. The van der Waals surface area contributed by atoms with E-state index in [0.717, 1.165) is 16.3 Å². The number of fused-ring (bicyclic) bond motifs is 1. The number of ketones is 1. The van der Waals surface area contributed by atoms with Crippen LogP contribution in [0, 0.1) is 0 Å². The summed E-state index contributed by atoms with van der Waals surface area (Å²) in [5.74, 6) is -2.07. The lowest BCUT2D eigenvalue weighted by atomic mass is 9.99. The maximum atomic E-state index is 13.1. The highest BCUT2D eigenvalue weighted by Crippen LogP contribution is 2.24. The highest BCUT2D eigenvalue weighted by atomic mass is 16.2. The first-order valence-corrected chi connectivity index (χ1v) is 11.0. The van der Waals surface area contributed by atoms with Crippen molar-refractivity contribution in [3.63, 3.8) is 0 Å². The minimum absolute atomic E-state index is 0.0157. The first kappa shape index (κ1) is 24.4. The molecule has 0 unspecified atom stereocenters. The van der Waals surface area contributed by atoms with E-state index in [1.54, 1.807) is 24.3 Å². The number of allylic oxidation sites excluding steroid dienone is 1. The van der Waals surface area contributed by atoms with Gasteiger partial charge >= 0.3 is 11.8 Å². The first-order chi connectivity index (χ1) is 16.4. The summed E-state index contributed by atoms with van der Waals surface area (Å²) in [6.45, 7) is 3.40. The van der Waals surface area contributed by atoms with Gasteiger partial charge in [0.1, 0.15) is 0 Å². The van der Waals surface area contributed by atoms with Crippen molar-refractivity contribution in [2.24, 2.45) is 0 Å².